The summed E-state index contributed by atoms with van der Waals surface area (Å²) in [5.74, 6) is 1.04. The van der Waals surface area contributed by atoms with Crippen molar-refractivity contribution in [2.24, 2.45) is 0 Å². The number of amides is 1. The zero-order valence-corrected chi connectivity index (χ0v) is 13.6. The summed E-state index contributed by atoms with van der Waals surface area (Å²) >= 11 is 0. The molecule has 1 N–H and O–H groups in total. The van der Waals surface area contributed by atoms with Gasteiger partial charge in [-0.25, -0.2) is 9.97 Å². The first-order chi connectivity index (χ1) is 11.2. The van der Waals surface area contributed by atoms with E-state index >= 15 is 0 Å². The van der Waals surface area contributed by atoms with Crippen LogP contribution in [0.25, 0.3) is 0 Å². The molecule has 1 unspecified atom stereocenters. The fraction of sp³-hybridized carbons (Fsp3) is 0.688. The molecular weight excluding hydrogens is 294 g/mol. The van der Waals surface area contributed by atoms with Gasteiger partial charge < -0.3 is 19.9 Å². The number of aromatic nitrogens is 2. The lowest BCUT2D eigenvalue weighted by Gasteiger charge is -2.38. The minimum absolute atomic E-state index is 0.138. The third-order valence-corrected chi connectivity index (χ3v) is 4.57. The number of morpholine rings is 1. The molecule has 126 valence electrons. The Morgan fingerprint density at radius 3 is 2.91 bits per heavy atom. The van der Waals surface area contributed by atoms with Gasteiger partial charge in [-0.1, -0.05) is 0 Å². The summed E-state index contributed by atoms with van der Waals surface area (Å²) in [7, 11) is 0. The van der Waals surface area contributed by atoms with Crippen LogP contribution in [0, 0.1) is 0 Å². The molecule has 2 aliphatic rings. The Labute approximate surface area is 137 Å². The molecule has 7 nitrogen and oxygen atoms in total. The number of likely N-dealkylation sites (tertiary alicyclic amines) is 1. The van der Waals surface area contributed by atoms with Crippen molar-refractivity contribution in [2.75, 3.05) is 44.6 Å². The molecule has 0 aliphatic carbocycles. The van der Waals surface area contributed by atoms with Gasteiger partial charge >= 0.3 is 0 Å². The number of anilines is 1. The van der Waals surface area contributed by atoms with Gasteiger partial charge in [0.25, 0.3) is 0 Å². The number of rotatable bonds is 4. The largest absolute Gasteiger partial charge is 0.373 e. The summed E-state index contributed by atoms with van der Waals surface area (Å²) in [5, 5.41) is 3.47. The summed E-state index contributed by atoms with van der Waals surface area (Å²) < 4.78 is 5.82. The van der Waals surface area contributed by atoms with Gasteiger partial charge in [0.05, 0.1) is 12.7 Å². The highest BCUT2D eigenvalue weighted by molar-refractivity contribution is 5.73. The van der Waals surface area contributed by atoms with Crippen molar-refractivity contribution in [2.45, 2.75) is 31.9 Å². The molecule has 3 rings (SSSR count). The minimum atomic E-state index is 0.138. The van der Waals surface area contributed by atoms with E-state index in [1.54, 1.807) is 19.4 Å². The fourth-order valence-corrected chi connectivity index (χ4v) is 3.25. The highest BCUT2D eigenvalue weighted by Gasteiger charge is 2.26. The van der Waals surface area contributed by atoms with Crippen molar-refractivity contribution in [3.8, 4) is 0 Å². The number of nitrogens with one attached hydrogen (secondary N) is 1. The Kier molecular flexibility index (Phi) is 5.40. The van der Waals surface area contributed by atoms with Crippen molar-refractivity contribution in [3.63, 3.8) is 0 Å². The van der Waals surface area contributed by atoms with Crippen LogP contribution in [0.4, 0.5) is 5.82 Å². The normalized spacial score (nSPS) is 23.7. The van der Waals surface area contributed by atoms with Gasteiger partial charge in [0.1, 0.15) is 12.1 Å². The van der Waals surface area contributed by atoms with E-state index in [4.69, 9.17) is 4.74 Å². The molecule has 3 heterocycles. The fourth-order valence-electron chi connectivity index (χ4n) is 3.25. The van der Waals surface area contributed by atoms with E-state index < -0.39 is 0 Å². The summed E-state index contributed by atoms with van der Waals surface area (Å²) in [6, 6.07) is 2.36. The number of nitrogens with zero attached hydrogens (tertiary/aromatic N) is 4. The van der Waals surface area contributed by atoms with E-state index in [9.17, 15) is 4.79 Å². The monoisotopic (exact) mass is 319 g/mol. The Balaban J connectivity index is 1.41. The Hall–Kier alpha value is -1.73. The van der Waals surface area contributed by atoms with Crippen LogP contribution in [0.1, 0.15) is 19.8 Å². The van der Waals surface area contributed by atoms with Crippen LogP contribution >= 0.6 is 0 Å². The van der Waals surface area contributed by atoms with Gasteiger partial charge in [0.2, 0.25) is 5.91 Å². The summed E-state index contributed by atoms with van der Waals surface area (Å²) in [6.45, 7) is 6.71. The molecule has 1 aromatic heterocycles. The first kappa shape index (κ1) is 16.1. The third-order valence-electron chi connectivity index (χ3n) is 4.57. The smallest absolute Gasteiger partial charge is 0.219 e. The molecule has 2 fully saturated rings. The zero-order chi connectivity index (χ0) is 16.1. The highest BCUT2D eigenvalue weighted by atomic mass is 16.5. The predicted octanol–water partition coefficient (Wildman–Crippen LogP) is 0.600. The molecule has 0 radical (unpaired) electrons. The quantitative estimate of drug-likeness (QED) is 0.876. The van der Waals surface area contributed by atoms with Gasteiger partial charge in [-0.05, 0) is 18.9 Å². The second kappa shape index (κ2) is 7.70. The minimum Gasteiger partial charge on any atom is -0.373 e. The lowest BCUT2D eigenvalue weighted by molar-refractivity contribution is -0.137. The zero-order valence-electron chi connectivity index (χ0n) is 13.6. The Morgan fingerprint density at radius 1 is 1.39 bits per heavy atom. The molecule has 0 bridgehead atoms. The number of hydrogen-bond acceptors (Lipinski definition) is 6. The SMILES string of the molecule is CC(=O)N1CCOC(CN2CCC(Nc3ccncn3)CC2)C1. The molecule has 1 amide bonds. The van der Waals surface area contributed by atoms with Crippen LogP contribution in [0.5, 0.6) is 0 Å². The maximum absolute atomic E-state index is 11.5. The van der Waals surface area contributed by atoms with Crippen LogP contribution in [0.2, 0.25) is 0 Å². The van der Waals surface area contributed by atoms with E-state index in [-0.39, 0.29) is 12.0 Å². The second-order valence-corrected chi connectivity index (χ2v) is 6.27. The number of carbonyl (C=O) groups excluding carboxylic acids is 1. The molecule has 1 aromatic rings. The summed E-state index contributed by atoms with van der Waals surface area (Å²) in [5.41, 5.74) is 0. The van der Waals surface area contributed by atoms with E-state index in [2.05, 4.69) is 20.2 Å². The van der Waals surface area contributed by atoms with Crippen molar-refractivity contribution < 1.29 is 9.53 Å². The van der Waals surface area contributed by atoms with Gasteiger partial charge in [-0.15, -0.1) is 0 Å². The van der Waals surface area contributed by atoms with Gasteiger partial charge in [-0.3, -0.25) is 4.79 Å². The van der Waals surface area contributed by atoms with Gasteiger partial charge in [0, 0.05) is 51.9 Å². The standard InChI is InChI=1S/C16H25N5O2/c1-13(22)21-8-9-23-15(11-21)10-20-6-3-14(4-7-20)19-16-2-5-17-12-18-16/h2,5,12,14-15H,3-4,6-11H2,1H3,(H,17,18,19). The van der Waals surface area contributed by atoms with Gasteiger partial charge in [-0.2, -0.15) is 0 Å². The lowest BCUT2D eigenvalue weighted by Crippen LogP contribution is -2.50. The number of ether oxygens (including phenoxy) is 1. The second-order valence-electron chi connectivity index (χ2n) is 6.27. The highest BCUT2D eigenvalue weighted by Crippen LogP contribution is 2.16. The van der Waals surface area contributed by atoms with Crippen LogP contribution < -0.4 is 5.32 Å². The topological polar surface area (TPSA) is 70.6 Å². The predicted molar refractivity (Wildman–Crippen MR) is 87.1 cm³/mol. The molecule has 2 saturated heterocycles. The molecule has 0 saturated carbocycles. The Bertz CT molecular complexity index is 504. The third kappa shape index (κ3) is 4.62. The average Bonchev–Trinajstić information content (AvgIpc) is 2.58. The number of carbonyl (C=O) groups is 1. The molecule has 1 atom stereocenters. The van der Waals surface area contributed by atoms with Crippen molar-refractivity contribution in [1.29, 1.82) is 0 Å². The lowest BCUT2D eigenvalue weighted by atomic mass is 10.0. The molecule has 23 heavy (non-hydrogen) atoms. The molecule has 7 heteroatoms. The van der Waals surface area contributed by atoms with E-state index in [1.165, 1.54) is 0 Å². The number of hydrogen-bond donors (Lipinski definition) is 1. The van der Waals surface area contributed by atoms with E-state index in [1.807, 2.05) is 11.0 Å². The van der Waals surface area contributed by atoms with Crippen LogP contribution in [-0.4, -0.2) is 77.2 Å². The first-order valence-corrected chi connectivity index (χ1v) is 8.33. The molecular formula is C16H25N5O2. The van der Waals surface area contributed by atoms with E-state index in [0.29, 0.717) is 19.2 Å². The Morgan fingerprint density at radius 2 is 2.22 bits per heavy atom. The maximum Gasteiger partial charge on any atom is 0.219 e. The van der Waals surface area contributed by atoms with Gasteiger partial charge in [0.15, 0.2) is 0 Å². The molecule has 0 spiro atoms. The summed E-state index contributed by atoms with van der Waals surface area (Å²) in [6.07, 6.45) is 5.64. The average molecular weight is 319 g/mol. The first-order valence-electron chi connectivity index (χ1n) is 8.33. The van der Waals surface area contributed by atoms with Crippen LogP contribution in [0.15, 0.2) is 18.6 Å². The van der Waals surface area contributed by atoms with Crippen molar-refractivity contribution in [3.05, 3.63) is 18.6 Å². The summed E-state index contributed by atoms with van der Waals surface area (Å²) in [4.78, 5) is 24.0. The maximum atomic E-state index is 11.5. The molecule has 2 aliphatic heterocycles. The number of piperidine rings is 1. The molecule has 0 aromatic carbocycles. The van der Waals surface area contributed by atoms with Crippen molar-refractivity contribution >= 4 is 11.7 Å². The van der Waals surface area contributed by atoms with Crippen LogP contribution in [-0.2, 0) is 9.53 Å². The van der Waals surface area contributed by atoms with E-state index in [0.717, 1.165) is 44.8 Å². The van der Waals surface area contributed by atoms with Crippen molar-refractivity contribution in [1.82, 2.24) is 19.8 Å². The van der Waals surface area contributed by atoms with Crippen LogP contribution in [0.3, 0.4) is 0 Å².